The molecule has 2 aliphatic heterocycles. The zero-order valence-corrected chi connectivity index (χ0v) is 25.4. The molecule has 260 valence electrons. The van der Waals surface area contributed by atoms with Gasteiger partial charge in [0.15, 0.2) is 18.9 Å². The minimum Gasteiger partial charge on any atom is -0.481 e. The lowest BCUT2D eigenvalue weighted by molar-refractivity contribution is -0.317. The SMILES string of the molecule is CC(=O)NC1[C@H](O[C@@H]2C(CO)O[C@H](O)C(C)C2O[C@H](C)C(=O)N[C@@H](C)C(O)NC(CCC(=O)O)C(N)=O)O[C@@H](O)C1(O)CCO. The molecule has 2 heterocycles. The maximum atomic E-state index is 13.0. The first-order valence-corrected chi connectivity index (χ1v) is 14.4. The van der Waals surface area contributed by atoms with Crippen LogP contribution in [0.3, 0.4) is 0 Å². The maximum Gasteiger partial charge on any atom is 0.303 e. The van der Waals surface area contributed by atoms with Crippen molar-refractivity contribution in [2.75, 3.05) is 13.2 Å². The molecule has 13 atom stereocenters. The van der Waals surface area contributed by atoms with Crippen molar-refractivity contribution in [3.8, 4) is 0 Å². The summed E-state index contributed by atoms with van der Waals surface area (Å²) in [6.45, 7) is 4.08. The first kappa shape index (κ1) is 38.6. The van der Waals surface area contributed by atoms with Gasteiger partial charge in [-0.3, -0.25) is 24.5 Å². The van der Waals surface area contributed by atoms with Crippen LogP contribution in [0, 0.1) is 5.92 Å². The molecule has 19 nitrogen and oxygen atoms in total. The second kappa shape index (κ2) is 16.8. The molecule has 45 heavy (non-hydrogen) atoms. The number of nitrogens with two attached hydrogens (primary N) is 1. The number of ether oxygens (including phenoxy) is 4. The highest BCUT2D eigenvalue weighted by molar-refractivity contribution is 5.81. The molecule has 0 aliphatic carbocycles. The fourth-order valence-electron chi connectivity index (χ4n) is 5.06. The molecular weight excluding hydrogens is 608 g/mol. The summed E-state index contributed by atoms with van der Waals surface area (Å²) in [5, 5.41) is 78.1. The summed E-state index contributed by atoms with van der Waals surface area (Å²) in [4.78, 5) is 47.5. The van der Waals surface area contributed by atoms with Gasteiger partial charge < -0.3 is 71.1 Å². The monoisotopic (exact) mass is 654 g/mol. The highest BCUT2D eigenvalue weighted by Crippen LogP contribution is 2.37. The van der Waals surface area contributed by atoms with Gasteiger partial charge in [-0.2, -0.15) is 0 Å². The van der Waals surface area contributed by atoms with E-state index in [-0.39, 0.29) is 6.42 Å². The molecule has 19 heteroatoms. The van der Waals surface area contributed by atoms with Gasteiger partial charge in [-0.15, -0.1) is 0 Å². The first-order valence-electron chi connectivity index (χ1n) is 14.4. The van der Waals surface area contributed by atoms with Gasteiger partial charge >= 0.3 is 5.97 Å². The number of primary amides is 1. The van der Waals surface area contributed by atoms with Crippen LogP contribution in [0.1, 0.15) is 47.0 Å². The van der Waals surface area contributed by atoms with E-state index in [0.717, 1.165) is 6.92 Å². The van der Waals surface area contributed by atoms with E-state index >= 15 is 0 Å². The van der Waals surface area contributed by atoms with Gasteiger partial charge in [0.2, 0.25) is 17.7 Å². The normalized spacial score (nSPS) is 34.4. The number of aliphatic hydroxyl groups excluding tert-OH is 5. The van der Waals surface area contributed by atoms with E-state index in [0.29, 0.717) is 0 Å². The third kappa shape index (κ3) is 9.96. The molecule has 0 bridgehead atoms. The van der Waals surface area contributed by atoms with Gasteiger partial charge in [-0.25, -0.2) is 0 Å². The van der Waals surface area contributed by atoms with Gasteiger partial charge in [0.25, 0.3) is 0 Å². The summed E-state index contributed by atoms with van der Waals surface area (Å²) in [5.41, 5.74) is 3.10. The van der Waals surface area contributed by atoms with Gasteiger partial charge in [-0.1, -0.05) is 6.92 Å². The number of aliphatic hydroxyl groups is 6. The van der Waals surface area contributed by atoms with Crippen molar-refractivity contribution in [3.63, 3.8) is 0 Å². The van der Waals surface area contributed by atoms with Crippen LogP contribution < -0.4 is 21.7 Å². The highest BCUT2D eigenvalue weighted by Gasteiger charge is 2.58. The lowest BCUT2D eigenvalue weighted by Gasteiger charge is -2.45. The van der Waals surface area contributed by atoms with E-state index in [4.69, 9.17) is 29.8 Å². The molecule has 0 aromatic carbocycles. The number of carboxylic acid groups (broad SMARTS) is 1. The predicted molar refractivity (Wildman–Crippen MR) is 148 cm³/mol. The number of amides is 3. The number of carbonyl (C=O) groups excluding carboxylic acids is 3. The minimum absolute atomic E-state index is 0.207. The summed E-state index contributed by atoms with van der Waals surface area (Å²) >= 11 is 0. The van der Waals surface area contributed by atoms with Crippen LogP contribution in [-0.2, 0) is 38.1 Å². The molecule has 2 aliphatic rings. The molecule has 2 rings (SSSR count). The Morgan fingerprint density at radius 3 is 2.27 bits per heavy atom. The average Bonchev–Trinajstić information content (AvgIpc) is 3.17. The zero-order valence-electron chi connectivity index (χ0n) is 25.4. The minimum atomic E-state index is -2.17. The Morgan fingerprint density at radius 2 is 1.73 bits per heavy atom. The Hall–Kier alpha value is -2.56. The second-order valence-electron chi connectivity index (χ2n) is 11.2. The summed E-state index contributed by atoms with van der Waals surface area (Å²) in [6, 6.07) is -3.65. The lowest BCUT2D eigenvalue weighted by atomic mass is 9.90. The fraction of sp³-hybridized carbons (Fsp3) is 0.846. The average molecular weight is 655 g/mol. The Kier molecular flexibility index (Phi) is 14.5. The molecule has 0 radical (unpaired) electrons. The van der Waals surface area contributed by atoms with Crippen LogP contribution in [0.15, 0.2) is 0 Å². The van der Waals surface area contributed by atoms with E-state index < -0.39 is 129 Å². The quantitative estimate of drug-likeness (QED) is 0.0654. The van der Waals surface area contributed by atoms with Gasteiger partial charge in [0.1, 0.15) is 36.2 Å². The third-order valence-corrected chi connectivity index (χ3v) is 7.75. The van der Waals surface area contributed by atoms with Crippen LogP contribution in [0.4, 0.5) is 0 Å². The molecule has 2 fully saturated rings. The molecule has 12 N–H and O–H groups in total. The summed E-state index contributed by atoms with van der Waals surface area (Å²) in [5.74, 6) is -4.37. The van der Waals surface area contributed by atoms with E-state index in [1.807, 2.05) is 0 Å². The summed E-state index contributed by atoms with van der Waals surface area (Å²) in [7, 11) is 0. The lowest BCUT2D eigenvalue weighted by Crippen LogP contribution is -2.62. The zero-order chi connectivity index (χ0) is 34.2. The van der Waals surface area contributed by atoms with Crippen molar-refractivity contribution in [2.45, 2.75) is 120 Å². The number of hydrogen-bond donors (Lipinski definition) is 11. The maximum absolute atomic E-state index is 13.0. The van der Waals surface area contributed by atoms with Crippen LogP contribution in [0.2, 0.25) is 0 Å². The molecule has 0 aromatic heterocycles. The van der Waals surface area contributed by atoms with Crippen molar-refractivity contribution in [1.82, 2.24) is 16.0 Å². The Balaban J connectivity index is 2.20. The molecule has 0 aromatic rings. The molecule has 3 amide bonds. The topological polar surface area (TPSA) is 309 Å². The van der Waals surface area contributed by atoms with Crippen molar-refractivity contribution in [2.24, 2.45) is 11.7 Å². The largest absolute Gasteiger partial charge is 0.481 e. The van der Waals surface area contributed by atoms with Crippen molar-refractivity contribution < 1.29 is 73.9 Å². The second-order valence-corrected chi connectivity index (χ2v) is 11.2. The number of carboxylic acids is 1. The standard InChI is InChI=1S/C26H46N4O15/c1-10-17(42-12(3)22(38)28-11(2)21(37)30-14(20(27)36)5-6-16(34)35)18(15(9-32)43-23(10)39)44-24-19(29-13(4)33)26(41,7-8-31)25(40)45-24/h10-12,14-15,17-19,21,23-25,30-32,37,39-41H,5-9H2,1-4H3,(H2,27,36)(H,28,38)(H,29,33)(H,34,35)/t10?,11-,12+,14?,15?,17?,18+,19?,21?,23-,24+,25+,26?/m0/s1. The third-order valence-electron chi connectivity index (χ3n) is 7.75. The first-order chi connectivity index (χ1) is 21.0. The van der Waals surface area contributed by atoms with E-state index in [2.05, 4.69) is 16.0 Å². The number of nitrogens with one attached hydrogen (secondary N) is 3. The van der Waals surface area contributed by atoms with Crippen LogP contribution in [0.5, 0.6) is 0 Å². The number of rotatable bonds is 17. The van der Waals surface area contributed by atoms with Gasteiger partial charge in [0, 0.05) is 32.3 Å². The van der Waals surface area contributed by atoms with Crippen molar-refractivity contribution >= 4 is 23.7 Å². The fourth-order valence-corrected chi connectivity index (χ4v) is 5.06. The number of aliphatic carboxylic acids is 1. The Morgan fingerprint density at radius 1 is 1.09 bits per heavy atom. The van der Waals surface area contributed by atoms with E-state index in [1.54, 1.807) is 0 Å². The molecule has 0 spiro atoms. The summed E-state index contributed by atoms with van der Waals surface area (Å²) < 4.78 is 22.8. The van der Waals surface area contributed by atoms with E-state index in [9.17, 15) is 49.8 Å². The summed E-state index contributed by atoms with van der Waals surface area (Å²) in [6.07, 6.45) is -12.6. The predicted octanol–water partition coefficient (Wildman–Crippen LogP) is -5.08. The molecular formula is C26H46N4O15. The molecule has 0 saturated carbocycles. The number of hydrogen-bond acceptors (Lipinski definition) is 15. The van der Waals surface area contributed by atoms with Crippen molar-refractivity contribution in [1.29, 1.82) is 0 Å². The van der Waals surface area contributed by atoms with Gasteiger partial charge in [-0.05, 0) is 20.3 Å². The van der Waals surface area contributed by atoms with E-state index in [1.165, 1.54) is 20.8 Å². The van der Waals surface area contributed by atoms with Gasteiger partial charge in [0.05, 0.1) is 24.8 Å². The molecule has 2 saturated heterocycles. The Bertz CT molecular complexity index is 1020. The number of carbonyl (C=O) groups is 4. The van der Waals surface area contributed by atoms with Crippen LogP contribution >= 0.6 is 0 Å². The smallest absolute Gasteiger partial charge is 0.303 e. The molecule has 7 unspecified atom stereocenters. The van der Waals surface area contributed by atoms with Crippen LogP contribution in [-0.4, -0.2) is 146 Å². The highest BCUT2D eigenvalue weighted by atomic mass is 16.8. The van der Waals surface area contributed by atoms with Crippen molar-refractivity contribution in [3.05, 3.63) is 0 Å². The van der Waals surface area contributed by atoms with Crippen LogP contribution in [0.25, 0.3) is 0 Å². The Labute approximate surface area is 259 Å².